The summed E-state index contributed by atoms with van der Waals surface area (Å²) in [7, 11) is 0. The molecule has 11 heteroatoms. The highest BCUT2D eigenvalue weighted by molar-refractivity contribution is 6.30. The molecule has 174 valence electrons. The van der Waals surface area contributed by atoms with Gasteiger partial charge in [-0.3, -0.25) is 14.6 Å². The number of benzene rings is 1. The number of hydrogen-bond donors (Lipinski definition) is 4. The Labute approximate surface area is 194 Å². The Kier molecular flexibility index (Phi) is 7.48. The third kappa shape index (κ3) is 6.04. The summed E-state index contributed by atoms with van der Waals surface area (Å²) in [5, 5.41) is 9.64. The standard InChI is InChI=1S/C22H24ClFN6O3/c23-16-8-14(3-4-17(16)24)33-12-19-29-21-15(22(32)30-19)5-7-27-18(21)10-26-11-20(31)28-13-2-1-6-25-9-13/h3-5,7-8,13,25-26H,1-2,6,9-12H2,(H,28,31)(H,29,30,32). The van der Waals surface area contributed by atoms with Crippen molar-refractivity contribution in [2.24, 2.45) is 0 Å². The summed E-state index contributed by atoms with van der Waals surface area (Å²) in [6.45, 7) is 2.09. The maximum atomic E-state index is 13.3. The van der Waals surface area contributed by atoms with Crippen LogP contribution in [0, 0.1) is 5.82 Å². The van der Waals surface area contributed by atoms with Gasteiger partial charge in [0.2, 0.25) is 5.91 Å². The van der Waals surface area contributed by atoms with Crippen LogP contribution in [0.15, 0.2) is 35.3 Å². The molecule has 1 atom stereocenters. The molecule has 2 aromatic heterocycles. The number of aromatic amines is 1. The van der Waals surface area contributed by atoms with Crippen LogP contribution in [0.25, 0.3) is 10.9 Å². The molecule has 3 heterocycles. The number of fused-ring (bicyclic) bond motifs is 1. The fourth-order valence-corrected chi connectivity index (χ4v) is 3.80. The van der Waals surface area contributed by atoms with E-state index in [9.17, 15) is 14.0 Å². The Morgan fingerprint density at radius 1 is 1.33 bits per heavy atom. The summed E-state index contributed by atoms with van der Waals surface area (Å²) >= 11 is 5.77. The number of halogens is 2. The van der Waals surface area contributed by atoms with Gasteiger partial charge in [-0.1, -0.05) is 11.6 Å². The summed E-state index contributed by atoms with van der Waals surface area (Å²) in [6, 6.07) is 5.70. The molecular weight excluding hydrogens is 451 g/mol. The maximum Gasteiger partial charge on any atom is 0.258 e. The van der Waals surface area contributed by atoms with Gasteiger partial charge >= 0.3 is 0 Å². The molecule has 0 aliphatic carbocycles. The molecular formula is C22H24ClFN6O3. The van der Waals surface area contributed by atoms with Gasteiger partial charge in [0.15, 0.2) is 0 Å². The number of nitrogens with one attached hydrogen (secondary N) is 4. The number of rotatable bonds is 8. The van der Waals surface area contributed by atoms with Gasteiger partial charge in [0, 0.05) is 31.4 Å². The van der Waals surface area contributed by atoms with Crippen LogP contribution in [-0.2, 0) is 17.9 Å². The lowest BCUT2D eigenvalue weighted by atomic mass is 10.1. The first-order valence-electron chi connectivity index (χ1n) is 10.6. The van der Waals surface area contributed by atoms with Crippen molar-refractivity contribution in [2.45, 2.75) is 32.0 Å². The largest absolute Gasteiger partial charge is 0.486 e. The second-order valence-electron chi connectivity index (χ2n) is 7.75. The molecule has 4 rings (SSSR count). The van der Waals surface area contributed by atoms with Crippen molar-refractivity contribution in [2.75, 3.05) is 19.6 Å². The van der Waals surface area contributed by atoms with Gasteiger partial charge in [0.1, 0.15) is 29.5 Å². The van der Waals surface area contributed by atoms with E-state index >= 15 is 0 Å². The SMILES string of the molecule is O=C(CNCc1nccc2c(=O)[nH]c(COc3ccc(F)c(Cl)c3)nc12)NC1CCCNC1. The fourth-order valence-electron chi connectivity index (χ4n) is 3.63. The summed E-state index contributed by atoms with van der Waals surface area (Å²) < 4.78 is 18.9. The summed E-state index contributed by atoms with van der Waals surface area (Å²) in [5.41, 5.74) is 0.625. The van der Waals surface area contributed by atoms with E-state index in [0.717, 1.165) is 25.9 Å². The zero-order valence-corrected chi connectivity index (χ0v) is 18.5. The van der Waals surface area contributed by atoms with Crippen LogP contribution in [0.4, 0.5) is 4.39 Å². The van der Waals surface area contributed by atoms with Gasteiger partial charge in [0.05, 0.1) is 22.6 Å². The lowest BCUT2D eigenvalue weighted by molar-refractivity contribution is -0.121. The number of hydrogen-bond acceptors (Lipinski definition) is 7. The van der Waals surface area contributed by atoms with E-state index in [1.807, 2.05) is 0 Å². The van der Waals surface area contributed by atoms with Crippen LogP contribution < -0.4 is 26.2 Å². The lowest BCUT2D eigenvalue weighted by Gasteiger charge is -2.23. The molecule has 1 fully saturated rings. The van der Waals surface area contributed by atoms with Gasteiger partial charge < -0.3 is 25.7 Å². The smallest absolute Gasteiger partial charge is 0.258 e. The Balaban J connectivity index is 1.41. The van der Waals surface area contributed by atoms with Gasteiger partial charge in [-0.2, -0.15) is 0 Å². The minimum absolute atomic E-state index is 0.0489. The highest BCUT2D eigenvalue weighted by Gasteiger charge is 2.15. The molecule has 0 saturated carbocycles. The van der Waals surface area contributed by atoms with E-state index in [-0.39, 0.29) is 48.1 Å². The third-order valence-electron chi connectivity index (χ3n) is 5.26. The molecule has 1 saturated heterocycles. The number of H-pyrrole nitrogens is 1. The number of piperidine rings is 1. The maximum absolute atomic E-state index is 13.3. The van der Waals surface area contributed by atoms with Crippen molar-refractivity contribution in [3.8, 4) is 5.75 Å². The van der Waals surface area contributed by atoms with Gasteiger partial charge in [-0.15, -0.1) is 0 Å². The van der Waals surface area contributed by atoms with Crippen molar-refractivity contribution < 1.29 is 13.9 Å². The van der Waals surface area contributed by atoms with E-state index in [2.05, 4.69) is 30.9 Å². The number of pyridine rings is 1. The molecule has 0 spiro atoms. The Morgan fingerprint density at radius 2 is 2.21 bits per heavy atom. The number of amides is 1. The van der Waals surface area contributed by atoms with Crippen molar-refractivity contribution in [3.05, 3.63) is 63.2 Å². The molecule has 33 heavy (non-hydrogen) atoms. The molecule has 1 amide bonds. The first kappa shape index (κ1) is 23.1. The third-order valence-corrected chi connectivity index (χ3v) is 5.55. The van der Waals surface area contributed by atoms with Crippen molar-refractivity contribution in [1.29, 1.82) is 0 Å². The highest BCUT2D eigenvalue weighted by Crippen LogP contribution is 2.21. The predicted molar refractivity (Wildman–Crippen MR) is 122 cm³/mol. The van der Waals surface area contributed by atoms with E-state index in [1.54, 1.807) is 6.07 Å². The number of carbonyl (C=O) groups is 1. The van der Waals surface area contributed by atoms with Crippen LogP contribution in [-0.4, -0.2) is 46.5 Å². The van der Waals surface area contributed by atoms with E-state index in [1.165, 1.54) is 24.4 Å². The topological polar surface area (TPSA) is 121 Å². The Bertz CT molecular complexity index is 1200. The van der Waals surface area contributed by atoms with Crippen LogP contribution in [0.2, 0.25) is 5.02 Å². The lowest BCUT2D eigenvalue weighted by Crippen LogP contribution is -2.47. The molecule has 0 radical (unpaired) electrons. The highest BCUT2D eigenvalue weighted by atomic mass is 35.5. The fraction of sp³-hybridized carbons (Fsp3) is 0.364. The molecule has 3 aromatic rings. The van der Waals surface area contributed by atoms with Crippen molar-refractivity contribution in [1.82, 2.24) is 30.9 Å². The van der Waals surface area contributed by atoms with Gasteiger partial charge in [-0.25, -0.2) is 9.37 Å². The second kappa shape index (κ2) is 10.7. The monoisotopic (exact) mass is 474 g/mol. The number of aromatic nitrogens is 3. The predicted octanol–water partition coefficient (Wildman–Crippen LogP) is 1.65. The van der Waals surface area contributed by atoms with Crippen LogP contribution in [0.3, 0.4) is 0 Å². The second-order valence-corrected chi connectivity index (χ2v) is 8.15. The minimum Gasteiger partial charge on any atom is -0.486 e. The number of ether oxygens (including phenoxy) is 1. The number of nitrogens with zero attached hydrogens (tertiary/aromatic N) is 2. The molecule has 0 bridgehead atoms. The van der Waals surface area contributed by atoms with Crippen LogP contribution in [0.1, 0.15) is 24.4 Å². The average molecular weight is 475 g/mol. The molecule has 1 aromatic carbocycles. The van der Waals surface area contributed by atoms with E-state index < -0.39 is 5.82 Å². The molecule has 4 N–H and O–H groups in total. The normalized spacial score (nSPS) is 16.0. The van der Waals surface area contributed by atoms with Crippen LogP contribution in [0.5, 0.6) is 5.75 Å². The molecule has 1 unspecified atom stereocenters. The number of carbonyl (C=O) groups excluding carboxylic acids is 1. The van der Waals surface area contributed by atoms with Gasteiger partial charge in [-0.05, 0) is 37.6 Å². The van der Waals surface area contributed by atoms with Gasteiger partial charge in [0.25, 0.3) is 5.56 Å². The average Bonchev–Trinajstić information content (AvgIpc) is 2.81. The molecule has 9 nitrogen and oxygen atoms in total. The quantitative estimate of drug-likeness (QED) is 0.391. The first-order valence-corrected chi connectivity index (χ1v) is 11.0. The van der Waals surface area contributed by atoms with E-state index in [4.69, 9.17) is 16.3 Å². The van der Waals surface area contributed by atoms with E-state index in [0.29, 0.717) is 22.3 Å². The molecule has 1 aliphatic heterocycles. The minimum atomic E-state index is -0.548. The Hall–Kier alpha value is -3.08. The summed E-state index contributed by atoms with van der Waals surface area (Å²) in [4.78, 5) is 36.2. The van der Waals surface area contributed by atoms with Crippen LogP contribution >= 0.6 is 11.6 Å². The zero-order chi connectivity index (χ0) is 23.2. The summed E-state index contributed by atoms with van der Waals surface area (Å²) in [5.74, 6) is -0.0171. The zero-order valence-electron chi connectivity index (χ0n) is 17.8. The molecule has 1 aliphatic rings. The van der Waals surface area contributed by atoms with Crippen molar-refractivity contribution in [3.63, 3.8) is 0 Å². The first-order chi connectivity index (χ1) is 16.0. The van der Waals surface area contributed by atoms with Crippen molar-refractivity contribution >= 4 is 28.4 Å². The Morgan fingerprint density at radius 3 is 3.00 bits per heavy atom. The summed E-state index contributed by atoms with van der Waals surface area (Å²) in [6.07, 6.45) is 3.53.